The second kappa shape index (κ2) is 12.4. The first-order valence-electron chi connectivity index (χ1n) is 11.4. The third-order valence-corrected chi connectivity index (χ3v) is 7.87. The maximum Gasteiger partial charge on any atom is 0.264 e. The van der Waals surface area contributed by atoms with E-state index in [0.717, 1.165) is 4.31 Å². The second-order valence-corrected chi connectivity index (χ2v) is 10.9. The summed E-state index contributed by atoms with van der Waals surface area (Å²) in [6.07, 6.45) is 0.265. The van der Waals surface area contributed by atoms with Crippen LogP contribution in [0.2, 0.25) is 10.0 Å². The van der Waals surface area contributed by atoms with Gasteiger partial charge in [0.2, 0.25) is 11.8 Å². The van der Waals surface area contributed by atoms with E-state index < -0.39 is 40.2 Å². The Balaban J connectivity index is 2.07. The topological polar surface area (TPSA) is 86.8 Å². The van der Waals surface area contributed by atoms with Gasteiger partial charge in [-0.2, -0.15) is 0 Å². The zero-order valence-corrected chi connectivity index (χ0v) is 22.5. The van der Waals surface area contributed by atoms with Gasteiger partial charge in [-0.1, -0.05) is 60.5 Å². The molecule has 0 aliphatic rings. The van der Waals surface area contributed by atoms with E-state index in [1.807, 2.05) is 0 Å². The van der Waals surface area contributed by atoms with Crippen LogP contribution in [-0.4, -0.2) is 44.8 Å². The Morgan fingerprint density at radius 1 is 0.973 bits per heavy atom. The quantitative estimate of drug-likeness (QED) is 0.379. The molecule has 0 aliphatic heterocycles. The normalized spacial score (nSPS) is 12.0. The molecule has 2 amide bonds. The molecule has 37 heavy (non-hydrogen) atoms. The zero-order chi connectivity index (χ0) is 27.2. The largest absolute Gasteiger partial charge is 0.357 e. The van der Waals surface area contributed by atoms with Crippen LogP contribution in [-0.2, 0) is 26.2 Å². The van der Waals surface area contributed by atoms with Crippen LogP contribution >= 0.6 is 23.2 Å². The number of nitrogens with zero attached hydrogens (tertiary/aromatic N) is 2. The average Bonchev–Trinajstić information content (AvgIpc) is 2.87. The van der Waals surface area contributed by atoms with Crippen LogP contribution in [0.25, 0.3) is 0 Å². The van der Waals surface area contributed by atoms with Gasteiger partial charge in [-0.3, -0.25) is 13.9 Å². The van der Waals surface area contributed by atoms with Crippen LogP contribution in [0.3, 0.4) is 0 Å². The fourth-order valence-electron chi connectivity index (χ4n) is 3.80. The van der Waals surface area contributed by atoms with Crippen LogP contribution in [0.4, 0.5) is 10.1 Å². The maximum absolute atomic E-state index is 13.8. The highest BCUT2D eigenvalue weighted by atomic mass is 35.5. The Morgan fingerprint density at radius 2 is 1.57 bits per heavy atom. The van der Waals surface area contributed by atoms with Gasteiger partial charge in [0.1, 0.15) is 18.4 Å². The number of anilines is 1. The molecule has 0 bridgehead atoms. The number of benzene rings is 3. The lowest BCUT2D eigenvalue weighted by atomic mass is 10.1. The van der Waals surface area contributed by atoms with Crippen LogP contribution in [0.15, 0.2) is 77.7 Å². The van der Waals surface area contributed by atoms with E-state index in [2.05, 4.69) is 5.32 Å². The fourth-order valence-corrected chi connectivity index (χ4v) is 5.74. The van der Waals surface area contributed by atoms with Crippen molar-refractivity contribution in [2.75, 3.05) is 17.9 Å². The van der Waals surface area contributed by atoms with Gasteiger partial charge in [0.05, 0.1) is 10.6 Å². The monoisotopic (exact) mass is 565 g/mol. The van der Waals surface area contributed by atoms with Crippen molar-refractivity contribution >= 4 is 50.7 Å². The van der Waals surface area contributed by atoms with Gasteiger partial charge in [-0.05, 0) is 54.4 Å². The summed E-state index contributed by atoms with van der Waals surface area (Å²) < 4.78 is 41.8. The van der Waals surface area contributed by atoms with Crippen LogP contribution in [0.1, 0.15) is 18.9 Å². The third-order valence-electron chi connectivity index (χ3n) is 5.64. The summed E-state index contributed by atoms with van der Waals surface area (Å²) in [5.41, 5.74) is 0.657. The second-order valence-electron chi connectivity index (χ2n) is 8.14. The molecule has 0 radical (unpaired) electrons. The minimum Gasteiger partial charge on any atom is -0.357 e. The van der Waals surface area contributed by atoms with Crippen molar-refractivity contribution in [3.8, 4) is 0 Å². The molecule has 0 saturated heterocycles. The number of halogens is 3. The molecule has 0 spiro atoms. The summed E-state index contributed by atoms with van der Waals surface area (Å²) in [7, 11) is -2.78. The summed E-state index contributed by atoms with van der Waals surface area (Å²) in [5, 5.41) is 2.91. The van der Waals surface area contributed by atoms with E-state index in [-0.39, 0.29) is 33.6 Å². The Hall–Kier alpha value is -3.14. The first kappa shape index (κ1) is 28.4. The number of sulfonamides is 1. The number of carbonyl (C=O) groups excluding carboxylic acids is 2. The molecule has 3 aromatic carbocycles. The van der Waals surface area contributed by atoms with Crippen molar-refractivity contribution in [2.24, 2.45) is 0 Å². The van der Waals surface area contributed by atoms with E-state index in [1.165, 1.54) is 66.5 Å². The average molecular weight is 566 g/mol. The molecule has 1 unspecified atom stereocenters. The minimum atomic E-state index is -4.23. The molecule has 3 aromatic rings. The Kier molecular flexibility index (Phi) is 9.53. The molecule has 1 N–H and O–H groups in total. The van der Waals surface area contributed by atoms with Crippen molar-refractivity contribution in [1.29, 1.82) is 0 Å². The van der Waals surface area contributed by atoms with Gasteiger partial charge < -0.3 is 10.2 Å². The summed E-state index contributed by atoms with van der Waals surface area (Å²) in [4.78, 5) is 27.7. The molecule has 1 atom stereocenters. The van der Waals surface area contributed by atoms with E-state index in [4.69, 9.17) is 23.2 Å². The van der Waals surface area contributed by atoms with E-state index in [0.29, 0.717) is 5.56 Å². The SMILES string of the molecule is CCC(C(=O)NC)N(Cc1ccc(F)cc1)C(=O)CN(c1cc(Cl)cc(Cl)c1)S(=O)(=O)c1ccccc1. The summed E-state index contributed by atoms with van der Waals surface area (Å²) in [6, 6.07) is 16.5. The summed E-state index contributed by atoms with van der Waals surface area (Å²) in [5.74, 6) is -1.51. The molecule has 0 aliphatic carbocycles. The maximum atomic E-state index is 13.8. The number of hydrogen-bond donors (Lipinski definition) is 1. The highest BCUT2D eigenvalue weighted by Crippen LogP contribution is 2.30. The highest BCUT2D eigenvalue weighted by molar-refractivity contribution is 7.92. The third kappa shape index (κ3) is 7.00. The van der Waals surface area contributed by atoms with Gasteiger partial charge in [-0.15, -0.1) is 0 Å². The fraction of sp³-hybridized carbons (Fsp3) is 0.231. The zero-order valence-electron chi connectivity index (χ0n) is 20.2. The lowest BCUT2D eigenvalue weighted by Gasteiger charge is -2.33. The number of hydrogen-bond acceptors (Lipinski definition) is 4. The van der Waals surface area contributed by atoms with E-state index in [1.54, 1.807) is 25.1 Å². The van der Waals surface area contributed by atoms with Crippen molar-refractivity contribution in [3.05, 3.63) is 94.2 Å². The van der Waals surface area contributed by atoms with Gasteiger partial charge in [0.25, 0.3) is 10.0 Å². The number of rotatable bonds is 10. The van der Waals surface area contributed by atoms with E-state index >= 15 is 0 Å². The lowest BCUT2D eigenvalue weighted by molar-refractivity contribution is -0.140. The highest BCUT2D eigenvalue weighted by Gasteiger charge is 2.33. The molecule has 11 heteroatoms. The summed E-state index contributed by atoms with van der Waals surface area (Å²) in [6.45, 7) is 1.06. The number of nitrogens with one attached hydrogen (secondary N) is 1. The number of likely N-dealkylation sites (N-methyl/N-ethyl adjacent to an activating group) is 1. The first-order chi connectivity index (χ1) is 17.6. The molecule has 0 aromatic heterocycles. The Labute approximate surface area is 225 Å². The van der Waals surface area contributed by atoms with Gasteiger partial charge in [0, 0.05) is 23.6 Å². The standard InChI is InChI=1S/C26H26Cl2FN3O4S/c1-3-24(26(34)30-2)31(16-18-9-11-21(29)12-10-18)25(33)17-32(22-14-19(27)13-20(28)15-22)37(35,36)23-7-5-4-6-8-23/h4-15,24H,3,16-17H2,1-2H3,(H,30,34). The molecule has 0 heterocycles. The van der Waals surface area contributed by atoms with E-state index in [9.17, 15) is 22.4 Å². The Morgan fingerprint density at radius 3 is 2.11 bits per heavy atom. The molecule has 0 saturated carbocycles. The van der Waals surface area contributed by atoms with Gasteiger partial charge in [-0.25, -0.2) is 12.8 Å². The lowest BCUT2D eigenvalue weighted by Crippen LogP contribution is -2.51. The minimum absolute atomic E-state index is 0.0395. The Bertz CT molecular complexity index is 1340. The summed E-state index contributed by atoms with van der Waals surface area (Å²) >= 11 is 12.3. The van der Waals surface area contributed by atoms with Crippen molar-refractivity contribution in [2.45, 2.75) is 30.8 Å². The van der Waals surface area contributed by atoms with Gasteiger partial charge >= 0.3 is 0 Å². The predicted molar refractivity (Wildman–Crippen MR) is 143 cm³/mol. The van der Waals surface area contributed by atoms with Crippen LogP contribution in [0.5, 0.6) is 0 Å². The van der Waals surface area contributed by atoms with Crippen molar-refractivity contribution in [3.63, 3.8) is 0 Å². The van der Waals surface area contributed by atoms with Crippen LogP contribution in [0, 0.1) is 5.82 Å². The van der Waals surface area contributed by atoms with Crippen molar-refractivity contribution in [1.82, 2.24) is 10.2 Å². The molecule has 0 fully saturated rings. The van der Waals surface area contributed by atoms with Gasteiger partial charge in [0.15, 0.2) is 0 Å². The number of carbonyl (C=O) groups is 2. The predicted octanol–water partition coefficient (Wildman–Crippen LogP) is 4.88. The smallest absolute Gasteiger partial charge is 0.264 e. The molecule has 3 rings (SSSR count). The molecular formula is C26H26Cl2FN3O4S. The van der Waals surface area contributed by atoms with Crippen molar-refractivity contribution < 1.29 is 22.4 Å². The molecule has 7 nitrogen and oxygen atoms in total. The molecular weight excluding hydrogens is 540 g/mol. The first-order valence-corrected chi connectivity index (χ1v) is 13.6. The van der Waals surface area contributed by atoms with Crippen LogP contribution < -0.4 is 9.62 Å². The molecule has 196 valence electrons. The number of amides is 2.